The number of carboxylic acids is 1. The lowest BCUT2D eigenvalue weighted by Gasteiger charge is -2.02. The molecule has 0 radical (unpaired) electrons. The van der Waals surface area contributed by atoms with Crippen LogP contribution in [0.25, 0.3) is 16.6 Å². The van der Waals surface area contributed by atoms with Gasteiger partial charge in [0, 0.05) is 11.1 Å². The van der Waals surface area contributed by atoms with Gasteiger partial charge in [-0.15, -0.1) is 0 Å². The number of nitrogens with zero attached hydrogens (tertiary/aromatic N) is 2. The Morgan fingerprint density at radius 3 is 2.50 bits per heavy atom. The standard InChI is InChI=1S/C15H9ClN2O2/c16-12-6-7-14(18-17)11(8-12)9-13(15(19)20)10-4-2-1-3-5-10/h1-9H/p+1/b13-9+. The fourth-order valence-corrected chi connectivity index (χ4v) is 1.95. The summed E-state index contributed by atoms with van der Waals surface area (Å²) in [6.07, 6.45) is 1.43. The Morgan fingerprint density at radius 2 is 1.90 bits per heavy atom. The average molecular weight is 286 g/mol. The SMILES string of the molecule is N#[N+]c1ccc(Cl)cc1/C=C(/C(=O)O)c1ccccc1. The van der Waals surface area contributed by atoms with Crippen molar-refractivity contribution in [3.63, 3.8) is 0 Å². The molecule has 0 fully saturated rings. The largest absolute Gasteiger partial charge is 0.478 e. The molecular weight excluding hydrogens is 276 g/mol. The molecule has 0 bridgehead atoms. The molecule has 0 saturated carbocycles. The van der Waals surface area contributed by atoms with E-state index in [0.717, 1.165) is 0 Å². The lowest BCUT2D eigenvalue weighted by Crippen LogP contribution is -1.99. The summed E-state index contributed by atoms with van der Waals surface area (Å²) in [7, 11) is 0. The lowest BCUT2D eigenvalue weighted by atomic mass is 10.0. The molecule has 2 aromatic carbocycles. The molecule has 0 unspecified atom stereocenters. The highest BCUT2D eigenvalue weighted by atomic mass is 35.5. The second-order valence-corrected chi connectivity index (χ2v) is 4.47. The van der Waals surface area contributed by atoms with Gasteiger partial charge in [-0.25, -0.2) is 4.79 Å². The van der Waals surface area contributed by atoms with Crippen LogP contribution in [0.5, 0.6) is 0 Å². The third-order valence-electron chi connectivity index (χ3n) is 2.71. The molecule has 2 rings (SSSR count). The molecule has 20 heavy (non-hydrogen) atoms. The van der Waals surface area contributed by atoms with E-state index in [9.17, 15) is 9.90 Å². The predicted octanol–water partition coefficient (Wildman–Crippen LogP) is 4.45. The van der Waals surface area contributed by atoms with Crippen molar-refractivity contribution < 1.29 is 9.90 Å². The van der Waals surface area contributed by atoms with E-state index in [0.29, 0.717) is 16.1 Å². The van der Waals surface area contributed by atoms with Crippen molar-refractivity contribution in [1.29, 1.82) is 5.39 Å². The van der Waals surface area contributed by atoms with Crippen LogP contribution in [0, 0.1) is 5.39 Å². The van der Waals surface area contributed by atoms with Crippen molar-refractivity contribution in [2.75, 3.05) is 0 Å². The number of diazo groups is 1. The van der Waals surface area contributed by atoms with Gasteiger partial charge in [0.2, 0.25) is 5.39 Å². The predicted molar refractivity (Wildman–Crippen MR) is 78.1 cm³/mol. The van der Waals surface area contributed by atoms with Crippen LogP contribution in [-0.2, 0) is 4.79 Å². The number of hydrogen-bond acceptors (Lipinski definition) is 2. The molecule has 0 spiro atoms. The molecule has 0 amide bonds. The Balaban J connectivity index is 2.59. The number of carbonyl (C=O) groups is 1. The third kappa shape index (κ3) is 3.02. The summed E-state index contributed by atoms with van der Waals surface area (Å²) in [6, 6.07) is 13.3. The zero-order chi connectivity index (χ0) is 14.5. The quantitative estimate of drug-likeness (QED) is 0.515. The van der Waals surface area contributed by atoms with Crippen LogP contribution in [0.3, 0.4) is 0 Å². The monoisotopic (exact) mass is 285 g/mol. The van der Waals surface area contributed by atoms with Crippen molar-refractivity contribution in [1.82, 2.24) is 0 Å². The van der Waals surface area contributed by atoms with E-state index in [2.05, 4.69) is 4.98 Å². The maximum atomic E-state index is 11.4. The Hall–Kier alpha value is -2.64. The highest BCUT2D eigenvalue weighted by Crippen LogP contribution is 2.28. The molecule has 0 aliphatic rings. The van der Waals surface area contributed by atoms with Gasteiger partial charge in [-0.1, -0.05) is 41.9 Å². The first kappa shape index (κ1) is 13.8. The number of benzene rings is 2. The van der Waals surface area contributed by atoms with Gasteiger partial charge in [-0.3, -0.25) is 0 Å². The maximum absolute atomic E-state index is 11.4. The fraction of sp³-hybridized carbons (Fsp3) is 0. The Morgan fingerprint density at radius 1 is 1.20 bits per heavy atom. The first-order chi connectivity index (χ1) is 9.61. The molecule has 0 saturated heterocycles. The van der Waals surface area contributed by atoms with Gasteiger partial charge < -0.3 is 5.11 Å². The van der Waals surface area contributed by atoms with Gasteiger partial charge in [0.15, 0.2) is 4.98 Å². The zero-order valence-electron chi connectivity index (χ0n) is 10.3. The smallest absolute Gasteiger partial charge is 0.392 e. The van der Waals surface area contributed by atoms with E-state index < -0.39 is 5.97 Å². The van der Waals surface area contributed by atoms with E-state index in [1.165, 1.54) is 12.1 Å². The van der Waals surface area contributed by atoms with E-state index in [1.807, 2.05) is 0 Å². The summed E-state index contributed by atoms with van der Waals surface area (Å²) in [6.45, 7) is 0. The Kier molecular flexibility index (Phi) is 4.14. The van der Waals surface area contributed by atoms with E-state index in [-0.39, 0.29) is 11.3 Å². The summed E-state index contributed by atoms with van der Waals surface area (Å²) < 4.78 is 0. The average Bonchev–Trinajstić information content (AvgIpc) is 2.45. The maximum Gasteiger partial charge on any atom is 0.392 e. The van der Waals surface area contributed by atoms with E-state index >= 15 is 0 Å². The summed E-state index contributed by atoms with van der Waals surface area (Å²) in [5.74, 6) is -1.07. The fourth-order valence-electron chi connectivity index (χ4n) is 1.77. The summed E-state index contributed by atoms with van der Waals surface area (Å²) >= 11 is 5.88. The van der Waals surface area contributed by atoms with Gasteiger partial charge in [0.05, 0.1) is 11.1 Å². The summed E-state index contributed by atoms with van der Waals surface area (Å²) in [5, 5.41) is 18.7. The number of rotatable bonds is 3. The molecule has 1 N–H and O–H groups in total. The molecule has 0 atom stereocenters. The van der Waals surface area contributed by atoms with Crippen molar-refractivity contribution in [3.8, 4) is 0 Å². The van der Waals surface area contributed by atoms with Crippen LogP contribution in [0.2, 0.25) is 5.02 Å². The molecule has 0 aliphatic carbocycles. The third-order valence-corrected chi connectivity index (χ3v) is 2.95. The van der Waals surface area contributed by atoms with Crippen molar-refractivity contribution in [3.05, 3.63) is 69.7 Å². The first-order valence-corrected chi connectivity index (χ1v) is 6.14. The van der Waals surface area contributed by atoms with Gasteiger partial charge in [0.25, 0.3) is 0 Å². The number of hydrogen-bond donors (Lipinski definition) is 1. The molecule has 0 aliphatic heterocycles. The summed E-state index contributed by atoms with van der Waals surface area (Å²) in [5.41, 5.74) is 1.34. The molecule has 2 aromatic rings. The molecule has 4 nitrogen and oxygen atoms in total. The number of carboxylic acid groups (broad SMARTS) is 1. The minimum Gasteiger partial charge on any atom is -0.478 e. The minimum atomic E-state index is -1.07. The van der Waals surface area contributed by atoms with Gasteiger partial charge in [0.1, 0.15) is 0 Å². The number of halogens is 1. The molecular formula is C15H10ClN2O2+. The van der Waals surface area contributed by atoms with Crippen molar-refractivity contribution in [2.45, 2.75) is 0 Å². The second-order valence-electron chi connectivity index (χ2n) is 4.03. The summed E-state index contributed by atoms with van der Waals surface area (Å²) in [4.78, 5) is 14.5. The van der Waals surface area contributed by atoms with Crippen LogP contribution in [0.1, 0.15) is 11.1 Å². The Bertz CT molecular complexity index is 718. The van der Waals surface area contributed by atoms with Crippen LogP contribution in [0.15, 0.2) is 48.5 Å². The zero-order valence-corrected chi connectivity index (χ0v) is 11.1. The Labute approximate surface area is 120 Å². The van der Waals surface area contributed by atoms with Crippen LogP contribution in [0.4, 0.5) is 5.69 Å². The molecule has 98 valence electrons. The highest BCUT2D eigenvalue weighted by molar-refractivity contribution is 6.31. The van der Waals surface area contributed by atoms with E-state index in [1.54, 1.807) is 42.5 Å². The van der Waals surface area contributed by atoms with Crippen LogP contribution < -0.4 is 0 Å². The highest BCUT2D eigenvalue weighted by Gasteiger charge is 2.16. The van der Waals surface area contributed by atoms with Crippen molar-refractivity contribution >= 4 is 34.9 Å². The first-order valence-electron chi connectivity index (χ1n) is 5.77. The van der Waals surface area contributed by atoms with Gasteiger partial charge in [-0.2, -0.15) is 0 Å². The second kappa shape index (κ2) is 6.00. The van der Waals surface area contributed by atoms with Crippen LogP contribution >= 0.6 is 11.6 Å². The van der Waals surface area contributed by atoms with E-state index in [4.69, 9.17) is 17.0 Å². The van der Waals surface area contributed by atoms with Crippen LogP contribution in [-0.4, -0.2) is 11.1 Å². The van der Waals surface area contributed by atoms with Gasteiger partial charge in [-0.05, 0) is 23.8 Å². The number of aliphatic carboxylic acids is 1. The topological polar surface area (TPSA) is 65.5 Å². The molecule has 5 heteroatoms. The molecule has 0 heterocycles. The lowest BCUT2D eigenvalue weighted by molar-refractivity contribution is -0.130. The minimum absolute atomic E-state index is 0.0952. The van der Waals surface area contributed by atoms with Crippen molar-refractivity contribution in [2.24, 2.45) is 0 Å². The van der Waals surface area contributed by atoms with Gasteiger partial charge >= 0.3 is 11.7 Å². The normalized spacial score (nSPS) is 10.9. The molecule has 0 aromatic heterocycles.